The summed E-state index contributed by atoms with van der Waals surface area (Å²) in [6.45, 7) is 0. The van der Waals surface area contributed by atoms with E-state index >= 15 is 0 Å². The zero-order chi connectivity index (χ0) is 14.4. The molecule has 3 heteroatoms. The Hall–Kier alpha value is -1.49. The van der Waals surface area contributed by atoms with Crippen molar-refractivity contribution in [1.29, 1.82) is 5.26 Å². The molecule has 0 N–H and O–H groups in total. The summed E-state index contributed by atoms with van der Waals surface area (Å²) in [4.78, 5) is 0. The molecule has 0 saturated heterocycles. The highest BCUT2D eigenvalue weighted by molar-refractivity contribution is 6.42. The molecule has 0 amide bonds. The maximum absolute atomic E-state index is 9.31. The molecule has 0 spiro atoms. The van der Waals surface area contributed by atoms with E-state index in [2.05, 4.69) is 18.2 Å². The molecule has 1 nitrogen and oxygen atoms in total. The lowest BCUT2D eigenvalue weighted by atomic mass is 9.94. The lowest BCUT2D eigenvalue weighted by Gasteiger charge is -2.10. The van der Waals surface area contributed by atoms with Crippen LogP contribution in [0.1, 0.15) is 29.9 Å². The molecular weight excluding hydrogens is 289 g/mol. The molecule has 2 aromatic carbocycles. The molecule has 2 rings (SSSR count). The Balaban J connectivity index is 1.96. The van der Waals surface area contributed by atoms with Crippen LogP contribution in [0.15, 0.2) is 48.5 Å². The van der Waals surface area contributed by atoms with E-state index in [0.29, 0.717) is 10.0 Å². The normalized spacial score (nSPS) is 11.8. The molecule has 0 aliphatic rings. The Morgan fingerprint density at radius 2 is 1.75 bits per heavy atom. The fraction of sp³-hybridized carbons (Fsp3) is 0.235. The van der Waals surface area contributed by atoms with Crippen LogP contribution in [-0.4, -0.2) is 0 Å². The van der Waals surface area contributed by atoms with E-state index in [1.54, 1.807) is 12.1 Å². The van der Waals surface area contributed by atoms with Crippen molar-refractivity contribution in [2.75, 3.05) is 0 Å². The van der Waals surface area contributed by atoms with Gasteiger partial charge in [-0.3, -0.25) is 0 Å². The van der Waals surface area contributed by atoms with E-state index in [4.69, 9.17) is 23.2 Å². The Kier molecular flexibility index (Phi) is 5.47. The van der Waals surface area contributed by atoms with Gasteiger partial charge in [0.15, 0.2) is 0 Å². The van der Waals surface area contributed by atoms with Crippen LogP contribution in [0.3, 0.4) is 0 Å². The van der Waals surface area contributed by atoms with Crippen molar-refractivity contribution in [2.45, 2.75) is 25.2 Å². The predicted molar refractivity (Wildman–Crippen MR) is 84.2 cm³/mol. The van der Waals surface area contributed by atoms with Crippen LogP contribution in [0.2, 0.25) is 10.0 Å². The topological polar surface area (TPSA) is 23.8 Å². The fourth-order valence-electron chi connectivity index (χ4n) is 2.19. The van der Waals surface area contributed by atoms with Crippen molar-refractivity contribution >= 4 is 23.2 Å². The van der Waals surface area contributed by atoms with Crippen LogP contribution in [0.25, 0.3) is 0 Å². The van der Waals surface area contributed by atoms with Gasteiger partial charge in [0.2, 0.25) is 0 Å². The first-order valence-electron chi connectivity index (χ1n) is 6.59. The van der Waals surface area contributed by atoms with Gasteiger partial charge in [-0.25, -0.2) is 0 Å². The maximum atomic E-state index is 9.31. The Morgan fingerprint density at radius 1 is 1.00 bits per heavy atom. The van der Waals surface area contributed by atoms with Crippen molar-refractivity contribution in [3.63, 3.8) is 0 Å². The second-order valence-corrected chi connectivity index (χ2v) is 5.55. The first-order valence-corrected chi connectivity index (χ1v) is 7.35. The molecule has 0 radical (unpaired) electrons. The summed E-state index contributed by atoms with van der Waals surface area (Å²) in [5.41, 5.74) is 2.24. The monoisotopic (exact) mass is 303 g/mol. The summed E-state index contributed by atoms with van der Waals surface area (Å²) in [6.07, 6.45) is 2.78. The van der Waals surface area contributed by atoms with Crippen molar-refractivity contribution < 1.29 is 0 Å². The third kappa shape index (κ3) is 4.00. The second kappa shape index (κ2) is 7.33. The van der Waals surface area contributed by atoms with Gasteiger partial charge in [-0.05, 0) is 42.5 Å². The van der Waals surface area contributed by atoms with E-state index in [0.717, 1.165) is 24.8 Å². The van der Waals surface area contributed by atoms with E-state index in [9.17, 15) is 5.26 Å². The third-order valence-electron chi connectivity index (χ3n) is 3.30. The zero-order valence-electron chi connectivity index (χ0n) is 11.0. The average Bonchev–Trinajstić information content (AvgIpc) is 2.48. The van der Waals surface area contributed by atoms with Gasteiger partial charge in [-0.15, -0.1) is 0 Å². The quantitative estimate of drug-likeness (QED) is 0.703. The first kappa shape index (κ1) is 14.9. The molecular formula is C17H15Cl2N. The van der Waals surface area contributed by atoms with Crippen LogP contribution in [0, 0.1) is 11.3 Å². The van der Waals surface area contributed by atoms with Crippen LogP contribution in [-0.2, 0) is 6.42 Å². The van der Waals surface area contributed by atoms with E-state index in [-0.39, 0.29) is 5.92 Å². The van der Waals surface area contributed by atoms with Crippen LogP contribution >= 0.6 is 23.2 Å². The fourth-order valence-corrected chi connectivity index (χ4v) is 2.50. The van der Waals surface area contributed by atoms with Crippen LogP contribution in [0.5, 0.6) is 0 Å². The summed E-state index contributed by atoms with van der Waals surface area (Å²) in [7, 11) is 0. The molecule has 1 atom stereocenters. The molecule has 0 aromatic heterocycles. The van der Waals surface area contributed by atoms with Gasteiger partial charge in [0, 0.05) is 0 Å². The molecule has 0 aliphatic heterocycles. The molecule has 0 aliphatic carbocycles. The van der Waals surface area contributed by atoms with E-state index in [1.807, 2.05) is 24.3 Å². The average molecular weight is 304 g/mol. The van der Waals surface area contributed by atoms with E-state index < -0.39 is 0 Å². The summed E-state index contributed by atoms with van der Waals surface area (Å²) < 4.78 is 0. The highest BCUT2D eigenvalue weighted by Crippen LogP contribution is 2.28. The third-order valence-corrected chi connectivity index (χ3v) is 4.04. The summed E-state index contributed by atoms with van der Waals surface area (Å²) in [6, 6.07) is 18.1. The summed E-state index contributed by atoms with van der Waals surface area (Å²) in [5.74, 6) is -0.131. The molecule has 1 unspecified atom stereocenters. The molecule has 2 aromatic rings. The lowest BCUT2D eigenvalue weighted by molar-refractivity contribution is 0.684. The minimum atomic E-state index is -0.131. The van der Waals surface area contributed by atoms with Gasteiger partial charge in [0.05, 0.1) is 22.0 Å². The minimum Gasteiger partial charge on any atom is -0.198 e. The Labute approximate surface area is 129 Å². The second-order valence-electron chi connectivity index (χ2n) is 4.73. The molecule has 0 bridgehead atoms. The number of benzene rings is 2. The van der Waals surface area contributed by atoms with Gasteiger partial charge in [0.25, 0.3) is 0 Å². The number of nitriles is 1. The van der Waals surface area contributed by atoms with Gasteiger partial charge < -0.3 is 0 Å². The predicted octanol–water partition coefficient (Wildman–Crippen LogP) is 5.62. The number of halogens is 2. The Morgan fingerprint density at radius 3 is 2.40 bits per heavy atom. The molecule has 102 valence electrons. The summed E-state index contributed by atoms with van der Waals surface area (Å²) in [5, 5.41) is 10.3. The SMILES string of the molecule is N#CC(CCCc1ccccc1)c1ccc(Cl)c(Cl)c1. The Bertz CT molecular complexity index is 602. The van der Waals surface area contributed by atoms with Gasteiger partial charge in [-0.2, -0.15) is 5.26 Å². The molecule has 0 saturated carbocycles. The standard InChI is InChI=1S/C17H15Cl2N/c18-16-10-9-14(11-17(16)19)15(12-20)8-4-7-13-5-2-1-3-6-13/h1-3,5-6,9-11,15H,4,7-8H2. The summed E-state index contributed by atoms with van der Waals surface area (Å²) >= 11 is 11.9. The highest BCUT2D eigenvalue weighted by Gasteiger charge is 2.12. The smallest absolute Gasteiger partial charge is 0.0713 e. The number of aryl methyl sites for hydroxylation is 1. The van der Waals surface area contributed by atoms with Crippen molar-refractivity contribution in [3.8, 4) is 6.07 Å². The van der Waals surface area contributed by atoms with Gasteiger partial charge in [-0.1, -0.05) is 59.6 Å². The molecule has 0 fully saturated rings. The van der Waals surface area contributed by atoms with Crippen molar-refractivity contribution in [3.05, 3.63) is 69.7 Å². The van der Waals surface area contributed by atoms with Crippen LogP contribution in [0.4, 0.5) is 0 Å². The highest BCUT2D eigenvalue weighted by atomic mass is 35.5. The molecule has 0 heterocycles. The van der Waals surface area contributed by atoms with Gasteiger partial charge >= 0.3 is 0 Å². The van der Waals surface area contributed by atoms with E-state index in [1.165, 1.54) is 5.56 Å². The largest absolute Gasteiger partial charge is 0.198 e. The van der Waals surface area contributed by atoms with Gasteiger partial charge in [0.1, 0.15) is 0 Å². The first-order chi connectivity index (χ1) is 9.70. The zero-order valence-corrected chi connectivity index (χ0v) is 12.5. The number of rotatable bonds is 5. The maximum Gasteiger partial charge on any atom is 0.0713 e. The number of hydrogen-bond acceptors (Lipinski definition) is 1. The number of nitrogens with zero attached hydrogens (tertiary/aromatic N) is 1. The lowest BCUT2D eigenvalue weighted by Crippen LogP contribution is -1.97. The van der Waals surface area contributed by atoms with Crippen molar-refractivity contribution in [1.82, 2.24) is 0 Å². The van der Waals surface area contributed by atoms with Crippen molar-refractivity contribution in [2.24, 2.45) is 0 Å². The molecule has 20 heavy (non-hydrogen) atoms. The number of hydrogen-bond donors (Lipinski definition) is 0. The van der Waals surface area contributed by atoms with Crippen LogP contribution < -0.4 is 0 Å². The minimum absolute atomic E-state index is 0.131.